The highest BCUT2D eigenvalue weighted by Crippen LogP contribution is 2.16. The molecule has 0 rings (SSSR count). The summed E-state index contributed by atoms with van der Waals surface area (Å²) in [6.07, 6.45) is 0. The molecule has 0 amide bonds. The van der Waals surface area contributed by atoms with Crippen LogP contribution in [0.2, 0.25) is 0 Å². The van der Waals surface area contributed by atoms with Crippen LogP contribution in [0, 0.1) is 5.92 Å². The average molecular weight is 428 g/mol. The van der Waals surface area contributed by atoms with E-state index in [1.807, 2.05) is 27.9 Å². The van der Waals surface area contributed by atoms with E-state index in [1.54, 1.807) is 23.5 Å². The van der Waals surface area contributed by atoms with Crippen LogP contribution in [0.1, 0.15) is 13.8 Å². The van der Waals surface area contributed by atoms with Gasteiger partial charge in [0.1, 0.15) is 0 Å². The molecule has 0 spiro atoms. The minimum absolute atomic E-state index is 0.162. The molecule has 0 aromatic carbocycles. The maximum absolute atomic E-state index is 11.3. The van der Waals surface area contributed by atoms with Crippen molar-refractivity contribution in [1.82, 2.24) is 4.90 Å². The number of carboxylic acids is 2. The zero-order chi connectivity index (χ0) is 21.2. The van der Waals surface area contributed by atoms with Crippen molar-refractivity contribution in [3.05, 3.63) is 0 Å². The number of hydrogen-bond acceptors (Lipinski definition) is 9. The van der Waals surface area contributed by atoms with E-state index in [9.17, 15) is 9.59 Å². The Morgan fingerprint density at radius 3 is 1.48 bits per heavy atom. The van der Waals surface area contributed by atoms with Crippen molar-refractivity contribution in [2.45, 2.75) is 13.8 Å². The van der Waals surface area contributed by atoms with Gasteiger partial charge in [0.15, 0.2) is 0 Å². The van der Waals surface area contributed by atoms with Crippen LogP contribution in [0.25, 0.3) is 0 Å². The summed E-state index contributed by atoms with van der Waals surface area (Å²) in [5.74, 6) is -1.00. The maximum Gasteiger partial charge on any atom is 0.414 e. The normalized spacial score (nSPS) is 10.1. The third-order valence-electron chi connectivity index (χ3n) is 2.56. The van der Waals surface area contributed by atoms with E-state index in [0.29, 0.717) is 30.6 Å². The zero-order valence-electron chi connectivity index (χ0n) is 16.1. The van der Waals surface area contributed by atoms with Crippen LogP contribution in [0.3, 0.4) is 0 Å². The largest absolute Gasteiger partial charge is 0.473 e. The summed E-state index contributed by atoms with van der Waals surface area (Å²) in [6, 6.07) is 0. The summed E-state index contributed by atoms with van der Waals surface area (Å²) in [6.45, 7) is 5.41. The number of rotatable bonds is 12. The smallest absolute Gasteiger partial charge is 0.414 e. The van der Waals surface area contributed by atoms with Crippen molar-refractivity contribution in [3.8, 4) is 0 Å². The first kappa shape index (κ1) is 27.8. The van der Waals surface area contributed by atoms with Gasteiger partial charge in [-0.05, 0) is 45.4 Å². The molecule has 0 aliphatic heterocycles. The molecule has 11 heteroatoms. The quantitative estimate of drug-likeness (QED) is 0.340. The second kappa shape index (κ2) is 17.9. The average Bonchev–Trinajstić information content (AvgIpc) is 2.55. The summed E-state index contributed by atoms with van der Waals surface area (Å²) in [4.78, 5) is 42.9. The molecule has 0 radical (unpaired) electrons. The highest BCUT2D eigenvalue weighted by atomic mass is 32.2. The first-order chi connectivity index (χ1) is 12.6. The fourth-order valence-corrected chi connectivity index (χ4v) is 3.69. The van der Waals surface area contributed by atoms with Crippen molar-refractivity contribution in [2.75, 3.05) is 56.9 Å². The van der Waals surface area contributed by atoms with Crippen LogP contribution >= 0.6 is 23.5 Å². The number of esters is 2. The van der Waals surface area contributed by atoms with E-state index in [1.165, 1.54) is 0 Å². The number of hydrogen-bond donors (Lipinski definition) is 2. The third kappa shape index (κ3) is 20.7. The molecule has 0 unspecified atom stereocenters. The minimum Gasteiger partial charge on any atom is -0.473 e. The van der Waals surface area contributed by atoms with E-state index >= 15 is 0 Å². The Kier molecular flexibility index (Phi) is 18.4. The van der Waals surface area contributed by atoms with Crippen molar-refractivity contribution in [3.63, 3.8) is 0 Å². The molecule has 0 saturated heterocycles. The van der Waals surface area contributed by atoms with Crippen LogP contribution in [-0.2, 0) is 28.7 Å². The molecule has 0 saturated carbocycles. The molecule has 158 valence electrons. The Morgan fingerprint density at radius 2 is 1.22 bits per heavy atom. The summed E-state index contributed by atoms with van der Waals surface area (Å²) in [5, 5.41) is 14.8. The number of ether oxygens (including phenoxy) is 2. The number of nitrogens with zero attached hydrogens (tertiary/aromatic N) is 1. The van der Waals surface area contributed by atoms with Gasteiger partial charge in [-0.15, -0.1) is 23.5 Å². The molecule has 9 nitrogen and oxygen atoms in total. The number of thioether (sulfide) groups is 2. The molecular formula is C16H29NO8S2. The number of carbonyl (C=O) groups excluding carboxylic acids is 2. The molecular weight excluding hydrogens is 398 g/mol. The Morgan fingerprint density at radius 1 is 0.852 bits per heavy atom. The van der Waals surface area contributed by atoms with Gasteiger partial charge >= 0.3 is 23.9 Å². The standard InChI is InChI=1S/C14H27NO4S2.C2H2O4/c1-5-18-13(16)10-20-8-12(7-15(3)4)9-21-11-14(17)19-6-2;3-1(4)2(5)6/h12H,5-11H2,1-4H3;(H,3,4)(H,5,6). The fraction of sp³-hybridized carbons (Fsp3) is 0.750. The van der Waals surface area contributed by atoms with E-state index in [-0.39, 0.29) is 11.9 Å². The van der Waals surface area contributed by atoms with Gasteiger partial charge in [-0.3, -0.25) is 9.59 Å². The minimum atomic E-state index is -1.82. The van der Waals surface area contributed by atoms with Crippen molar-refractivity contribution in [2.24, 2.45) is 5.92 Å². The van der Waals surface area contributed by atoms with Crippen LogP contribution in [-0.4, -0.2) is 95.9 Å². The number of carbonyl (C=O) groups is 4. The predicted molar refractivity (Wildman–Crippen MR) is 105 cm³/mol. The second-order valence-corrected chi connectivity index (χ2v) is 7.44. The van der Waals surface area contributed by atoms with Crippen LogP contribution < -0.4 is 0 Å². The Balaban J connectivity index is 0. The summed E-state index contributed by atoms with van der Waals surface area (Å²) < 4.78 is 9.82. The Bertz CT molecular complexity index is 424. The lowest BCUT2D eigenvalue weighted by atomic mass is 10.2. The topological polar surface area (TPSA) is 130 Å². The molecule has 0 aliphatic carbocycles. The van der Waals surface area contributed by atoms with Gasteiger partial charge in [0.2, 0.25) is 0 Å². The Hall–Kier alpha value is -1.46. The summed E-state index contributed by atoms with van der Waals surface area (Å²) in [7, 11) is 4.05. The van der Waals surface area contributed by atoms with Crippen molar-refractivity contribution < 1.29 is 38.9 Å². The molecule has 0 bridgehead atoms. The number of aliphatic carboxylic acids is 2. The van der Waals surface area contributed by atoms with E-state index in [4.69, 9.17) is 29.3 Å². The third-order valence-corrected chi connectivity index (χ3v) is 4.86. The fourth-order valence-electron chi connectivity index (χ4n) is 1.69. The first-order valence-electron chi connectivity index (χ1n) is 8.21. The lowest BCUT2D eigenvalue weighted by Crippen LogP contribution is -2.26. The van der Waals surface area contributed by atoms with Gasteiger partial charge in [0, 0.05) is 6.54 Å². The molecule has 27 heavy (non-hydrogen) atoms. The van der Waals surface area contributed by atoms with E-state index in [2.05, 4.69) is 4.90 Å². The predicted octanol–water partition coefficient (Wildman–Crippen LogP) is 0.912. The molecule has 0 fully saturated rings. The van der Waals surface area contributed by atoms with Gasteiger partial charge in [0.25, 0.3) is 0 Å². The first-order valence-corrected chi connectivity index (χ1v) is 10.5. The van der Waals surface area contributed by atoms with E-state index < -0.39 is 11.9 Å². The van der Waals surface area contributed by atoms with Gasteiger partial charge in [-0.2, -0.15) is 0 Å². The Labute approximate surface area is 168 Å². The monoisotopic (exact) mass is 427 g/mol. The van der Waals surface area contributed by atoms with Crippen molar-refractivity contribution >= 4 is 47.4 Å². The summed E-state index contributed by atoms with van der Waals surface area (Å²) >= 11 is 3.18. The van der Waals surface area contributed by atoms with Gasteiger partial charge in [-0.25, -0.2) is 9.59 Å². The molecule has 0 aliphatic rings. The maximum atomic E-state index is 11.3. The number of carboxylic acid groups (broad SMARTS) is 2. The molecule has 0 aromatic heterocycles. The van der Waals surface area contributed by atoms with Gasteiger partial charge in [0.05, 0.1) is 24.7 Å². The van der Waals surface area contributed by atoms with Gasteiger partial charge < -0.3 is 24.6 Å². The highest BCUT2D eigenvalue weighted by molar-refractivity contribution is 8.00. The van der Waals surface area contributed by atoms with Crippen LogP contribution in [0.15, 0.2) is 0 Å². The lowest BCUT2D eigenvalue weighted by Gasteiger charge is -2.20. The summed E-state index contributed by atoms with van der Waals surface area (Å²) in [5.41, 5.74) is 0. The van der Waals surface area contributed by atoms with Crippen LogP contribution in [0.5, 0.6) is 0 Å². The molecule has 0 aromatic rings. The van der Waals surface area contributed by atoms with Gasteiger partial charge in [-0.1, -0.05) is 0 Å². The second-order valence-electron chi connectivity index (χ2n) is 5.38. The van der Waals surface area contributed by atoms with Crippen LogP contribution in [0.4, 0.5) is 0 Å². The van der Waals surface area contributed by atoms with Crippen molar-refractivity contribution in [1.29, 1.82) is 0 Å². The highest BCUT2D eigenvalue weighted by Gasteiger charge is 2.13. The molecule has 0 atom stereocenters. The zero-order valence-corrected chi connectivity index (χ0v) is 17.8. The lowest BCUT2D eigenvalue weighted by molar-refractivity contribution is -0.159. The SMILES string of the molecule is CCOC(=O)CSCC(CSCC(=O)OCC)CN(C)C.O=C(O)C(=O)O. The molecule has 2 N–H and O–H groups in total. The molecule has 0 heterocycles. The van der Waals surface area contributed by atoms with E-state index in [0.717, 1.165) is 18.1 Å².